The molecule has 0 aliphatic rings. The summed E-state index contributed by atoms with van der Waals surface area (Å²) in [5, 5.41) is 19.5. The second kappa shape index (κ2) is 6.57. The SMILES string of the molecule is COc1cc(Nc2ccc(C#N)nn2)ccc1OC(C)C. The lowest BCUT2D eigenvalue weighted by Crippen LogP contribution is -2.07. The normalized spacial score (nSPS) is 10.0. The summed E-state index contributed by atoms with van der Waals surface area (Å²) in [6, 6.07) is 10.7. The van der Waals surface area contributed by atoms with Gasteiger partial charge in [-0.15, -0.1) is 10.2 Å². The van der Waals surface area contributed by atoms with Gasteiger partial charge in [0.2, 0.25) is 0 Å². The van der Waals surface area contributed by atoms with Crippen LogP contribution >= 0.6 is 0 Å². The van der Waals surface area contributed by atoms with Crippen molar-refractivity contribution >= 4 is 11.5 Å². The van der Waals surface area contributed by atoms with Gasteiger partial charge in [0.1, 0.15) is 6.07 Å². The quantitative estimate of drug-likeness (QED) is 0.909. The Hall–Kier alpha value is -2.81. The molecule has 0 aliphatic carbocycles. The zero-order valence-electron chi connectivity index (χ0n) is 12.1. The molecule has 1 aromatic heterocycles. The third-order valence-electron chi connectivity index (χ3n) is 2.58. The van der Waals surface area contributed by atoms with Crippen LogP contribution < -0.4 is 14.8 Å². The highest BCUT2D eigenvalue weighted by Crippen LogP contribution is 2.31. The highest BCUT2D eigenvalue weighted by Gasteiger charge is 2.08. The van der Waals surface area contributed by atoms with Gasteiger partial charge in [-0.05, 0) is 38.1 Å². The largest absolute Gasteiger partial charge is 0.493 e. The molecule has 0 unspecified atom stereocenters. The molecule has 0 radical (unpaired) electrons. The molecule has 0 fully saturated rings. The summed E-state index contributed by atoms with van der Waals surface area (Å²) in [5.74, 6) is 1.87. The van der Waals surface area contributed by atoms with E-state index in [2.05, 4.69) is 15.5 Å². The van der Waals surface area contributed by atoms with Crippen LogP contribution in [0.2, 0.25) is 0 Å². The summed E-state index contributed by atoms with van der Waals surface area (Å²) in [4.78, 5) is 0. The number of benzene rings is 1. The molecule has 108 valence electrons. The molecule has 0 aliphatic heterocycles. The number of anilines is 2. The van der Waals surface area contributed by atoms with Gasteiger partial charge in [0.25, 0.3) is 0 Å². The van der Waals surface area contributed by atoms with Crippen LogP contribution in [0.15, 0.2) is 30.3 Å². The Balaban J connectivity index is 2.18. The van der Waals surface area contributed by atoms with Gasteiger partial charge in [-0.25, -0.2) is 0 Å². The van der Waals surface area contributed by atoms with Gasteiger partial charge >= 0.3 is 0 Å². The first-order chi connectivity index (χ1) is 10.1. The number of methoxy groups -OCH3 is 1. The molecule has 0 bridgehead atoms. The van der Waals surface area contributed by atoms with Gasteiger partial charge in [0, 0.05) is 11.8 Å². The van der Waals surface area contributed by atoms with E-state index in [-0.39, 0.29) is 11.8 Å². The highest BCUT2D eigenvalue weighted by atomic mass is 16.5. The number of rotatable bonds is 5. The average molecular weight is 284 g/mol. The molecule has 6 nitrogen and oxygen atoms in total. The minimum atomic E-state index is 0.0714. The summed E-state index contributed by atoms with van der Waals surface area (Å²) in [6.45, 7) is 3.91. The lowest BCUT2D eigenvalue weighted by molar-refractivity contribution is 0.230. The zero-order valence-corrected chi connectivity index (χ0v) is 12.1. The van der Waals surface area contributed by atoms with Crippen molar-refractivity contribution < 1.29 is 9.47 Å². The van der Waals surface area contributed by atoms with E-state index in [9.17, 15) is 0 Å². The predicted octanol–water partition coefficient (Wildman–Crippen LogP) is 2.89. The van der Waals surface area contributed by atoms with Gasteiger partial charge < -0.3 is 14.8 Å². The smallest absolute Gasteiger partial charge is 0.163 e. The molecule has 1 aromatic carbocycles. The summed E-state index contributed by atoms with van der Waals surface area (Å²) in [5.41, 5.74) is 1.07. The van der Waals surface area contributed by atoms with Crippen molar-refractivity contribution in [2.75, 3.05) is 12.4 Å². The van der Waals surface area contributed by atoms with Crippen LogP contribution in [-0.4, -0.2) is 23.4 Å². The third kappa shape index (κ3) is 3.83. The van der Waals surface area contributed by atoms with Gasteiger partial charge in [-0.2, -0.15) is 5.26 Å². The highest BCUT2D eigenvalue weighted by molar-refractivity contribution is 5.61. The second-order valence-electron chi connectivity index (χ2n) is 4.57. The maximum atomic E-state index is 8.69. The number of nitrogens with one attached hydrogen (secondary N) is 1. The van der Waals surface area contributed by atoms with Crippen molar-refractivity contribution in [3.05, 3.63) is 36.0 Å². The molecule has 0 saturated carbocycles. The number of nitriles is 1. The van der Waals surface area contributed by atoms with E-state index >= 15 is 0 Å². The molecule has 0 spiro atoms. The lowest BCUT2D eigenvalue weighted by atomic mass is 10.2. The van der Waals surface area contributed by atoms with E-state index in [1.165, 1.54) is 0 Å². The van der Waals surface area contributed by atoms with E-state index in [0.717, 1.165) is 5.69 Å². The van der Waals surface area contributed by atoms with Crippen LogP contribution in [0.4, 0.5) is 11.5 Å². The molecule has 2 aromatic rings. The van der Waals surface area contributed by atoms with Crippen LogP contribution in [0.1, 0.15) is 19.5 Å². The van der Waals surface area contributed by atoms with E-state index in [0.29, 0.717) is 17.3 Å². The summed E-state index contributed by atoms with van der Waals surface area (Å²) >= 11 is 0. The van der Waals surface area contributed by atoms with Crippen molar-refractivity contribution in [2.45, 2.75) is 20.0 Å². The van der Waals surface area contributed by atoms with Gasteiger partial charge in [0.05, 0.1) is 13.2 Å². The maximum absolute atomic E-state index is 8.69. The Bertz CT molecular complexity index is 648. The standard InChI is InChI=1S/C15H16N4O2/c1-10(2)21-13-6-4-11(8-14(13)20-3)17-15-7-5-12(9-16)18-19-15/h4-8,10H,1-3H3,(H,17,19). The Morgan fingerprint density at radius 3 is 2.52 bits per heavy atom. The topological polar surface area (TPSA) is 80.1 Å². The number of ether oxygens (including phenoxy) is 2. The Morgan fingerprint density at radius 2 is 1.95 bits per heavy atom. The fourth-order valence-electron chi connectivity index (χ4n) is 1.70. The molecular weight excluding hydrogens is 268 g/mol. The van der Waals surface area contributed by atoms with Gasteiger partial charge in [-0.1, -0.05) is 0 Å². The van der Waals surface area contributed by atoms with Crippen molar-refractivity contribution in [1.82, 2.24) is 10.2 Å². The Kier molecular flexibility index (Phi) is 4.57. The van der Waals surface area contributed by atoms with E-state index in [1.54, 1.807) is 19.2 Å². The number of aromatic nitrogens is 2. The average Bonchev–Trinajstić information content (AvgIpc) is 2.49. The van der Waals surface area contributed by atoms with Crippen molar-refractivity contribution in [3.63, 3.8) is 0 Å². The monoisotopic (exact) mass is 284 g/mol. The van der Waals surface area contributed by atoms with Gasteiger partial charge in [-0.3, -0.25) is 0 Å². The van der Waals surface area contributed by atoms with Crippen molar-refractivity contribution in [1.29, 1.82) is 5.26 Å². The van der Waals surface area contributed by atoms with Gasteiger partial charge in [0.15, 0.2) is 23.0 Å². The first-order valence-corrected chi connectivity index (χ1v) is 6.48. The molecule has 2 rings (SSSR count). The molecule has 0 amide bonds. The lowest BCUT2D eigenvalue weighted by Gasteiger charge is -2.14. The maximum Gasteiger partial charge on any atom is 0.163 e. The number of hydrogen-bond donors (Lipinski definition) is 1. The second-order valence-corrected chi connectivity index (χ2v) is 4.57. The minimum Gasteiger partial charge on any atom is -0.493 e. The zero-order chi connectivity index (χ0) is 15.2. The van der Waals surface area contributed by atoms with E-state index in [1.807, 2.05) is 38.1 Å². The predicted molar refractivity (Wildman–Crippen MR) is 78.8 cm³/mol. The molecular formula is C15H16N4O2. The molecule has 21 heavy (non-hydrogen) atoms. The van der Waals surface area contributed by atoms with E-state index in [4.69, 9.17) is 14.7 Å². The van der Waals surface area contributed by atoms with Crippen molar-refractivity contribution in [2.24, 2.45) is 0 Å². The molecule has 0 atom stereocenters. The molecule has 6 heteroatoms. The third-order valence-corrected chi connectivity index (χ3v) is 2.58. The van der Waals surface area contributed by atoms with Crippen molar-refractivity contribution in [3.8, 4) is 17.6 Å². The van der Waals surface area contributed by atoms with Crippen LogP contribution in [-0.2, 0) is 0 Å². The minimum absolute atomic E-state index is 0.0714. The van der Waals surface area contributed by atoms with Crippen LogP contribution in [0.5, 0.6) is 11.5 Å². The molecule has 1 N–H and O–H groups in total. The molecule has 1 heterocycles. The van der Waals surface area contributed by atoms with Crippen LogP contribution in [0.25, 0.3) is 0 Å². The van der Waals surface area contributed by atoms with E-state index < -0.39 is 0 Å². The first-order valence-electron chi connectivity index (χ1n) is 6.48. The molecule has 0 saturated heterocycles. The fraction of sp³-hybridized carbons (Fsp3) is 0.267. The first kappa shape index (κ1) is 14.6. The summed E-state index contributed by atoms with van der Waals surface area (Å²) < 4.78 is 11.0. The number of hydrogen-bond acceptors (Lipinski definition) is 6. The Morgan fingerprint density at radius 1 is 1.14 bits per heavy atom. The van der Waals surface area contributed by atoms with Crippen LogP contribution in [0.3, 0.4) is 0 Å². The Labute approximate surface area is 123 Å². The summed E-state index contributed by atoms with van der Waals surface area (Å²) in [6.07, 6.45) is 0.0714. The van der Waals surface area contributed by atoms with Crippen LogP contribution in [0, 0.1) is 11.3 Å². The number of nitrogens with zero attached hydrogens (tertiary/aromatic N) is 3. The fourth-order valence-corrected chi connectivity index (χ4v) is 1.70. The summed E-state index contributed by atoms with van der Waals surface area (Å²) in [7, 11) is 1.59.